The first-order chi connectivity index (χ1) is 8.99. The molecule has 0 aliphatic heterocycles. The zero-order chi connectivity index (χ0) is 14.0. The lowest BCUT2D eigenvalue weighted by Crippen LogP contribution is -2.13. The fourth-order valence-electron chi connectivity index (χ4n) is 1.66. The van der Waals surface area contributed by atoms with Crippen LogP contribution in [-0.4, -0.2) is 5.91 Å². The predicted molar refractivity (Wildman–Crippen MR) is 77.6 cm³/mol. The van der Waals surface area contributed by atoms with Crippen molar-refractivity contribution in [3.05, 3.63) is 57.8 Å². The topological polar surface area (TPSA) is 55.1 Å². The lowest BCUT2D eigenvalue weighted by Gasteiger charge is -2.09. The van der Waals surface area contributed by atoms with Crippen LogP contribution in [0.1, 0.15) is 15.9 Å². The van der Waals surface area contributed by atoms with Crippen molar-refractivity contribution in [1.82, 2.24) is 0 Å². The number of carbonyl (C=O) groups is 1. The molecule has 0 bridgehead atoms. The second kappa shape index (κ2) is 5.40. The van der Waals surface area contributed by atoms with Crippen LogP contribution < -0.4 is 11.1 Å². The van der Waals surface area contributed by atoms with E-state index in [1.165, 1.54) is 12.1 Å². The van der Waals surface area contributed by atoms with Gasteiger partial charge in [0.05, 0.1) is 5.69 Å². The van der Waals surface area contributed by atoms with Gasteiger partial charge in [-0.2, -0.15) is 0 Å². The maximum absolute atomic E-state index is 13.3. The van der Waals surface area contributed by atoms with Gasteiger partial charge in [0.2, 0.25) is 0 Å². The van der Waals surface area contributed by atoms with Crippen molar-refractivity contribution >= 4 is 33.2 Å². The van der Waals surface area contributed by atoms with Crippen molar-refractivity contribution in [3.8, 4) is 0 Å². The van der Waals surface area contributed by atoms with Gasteiger partial charge in [-0.05, 0) is 42.8 Å². The Balaban J connectivity index is 2.26. The molecule has 0 spiro atoms. The van der Waals surface area contributed by atoms with E-state index in [4.69, 9.17) is 5.73 Å². The lowest BCUT2D eigenvalue weighted by molar-refractivity contribution is 0.102. The number of amides is 1. The van der Waals surface area contributed by atoms with E-state index in [2.05, 4.69) is 21.2 Å². The molecule has 98 valence electrons. The molecule has 0 aromatic heterocycles. The summed E-state index contributed by atoms with van der Waals surface area (Å²) in [6.45, 7) is 1.84. The summed E-state index contributed by atoms with van der Waals surface area (Å²) in [6.07, 6.45) is 0. The summed E-state index contributed by atoms with van der Waals surface area (Å²) < 4.78 is 14.1. The quantitative estimate of drug-likeness (QED) is 0.828. The minimum absolute atomic E-state index is 0.0524. The molecule has 5 heteroatoms. The molecule has 0 aliphatic carbocycles. The molecular weight excluding hydrogens is 311 g/mol. The standard InChI is InChI=1S/C14H12BrFN2O/c1-8-10(3-2-4-11(8)15)14(19)18-9-5-6-13(17)12(16)7-9/h2-7H,17H2,1H3,(H,18,19). The van der Waals surface area contributed by atoms with Crippen LogP contribution in [0.2, 0.25) is 0 Å². The number of nitrogen functional groups attached to an aromatic ring is 1. The van der Waals surface area contributed by atoms with Gasteiger partial charge in [-0.1, -0.05) is 22.0 Å². The summed E-state index contributed by atoms with van der Waals surface area (Å²) in [6, 6.07) is 9.51. The summed E-state index contributed by atoms with van der Waals surface area (Å²) in [5.74, 6) is -0.841. The van der Waals surface area contributed by atoms with Gasteiger partial charge in [-0.15, -0.1) is 0 Å². The number of hydrogen-bond donors (Lipinski definition) is 2. The van der Waals surface area contributed by atoms with Crippen molar-refractivity contribution in [2.45, 2.75) is 6.92 Å². The summed E-state index contributed by atoms with van der Waals surface area (Å²) in [7, 11) is 0. The molecule has 3 N–H and O–H groups in total. The first kappa shape index (κ1) is 13.5. The van der Waals surface area contributed by atoms with E-state index in [-0.39, 0.29) is 11.6 Å². The molecule has 0 saturated carbocycles. The van der Waals surface area contributed by atoms with E-state index in [0.717, 1.165) is 10.0 Å². The minimum atomic E-state index is -0.552. The Bertz CT molecular complexity index is 643. The number of hydrogen-bond acceptors (Lipinski definition) is 2. The molecule has 0 unspecified atom stereocenters. The number of nitrogens with one attached hydrogen (secondary N) is 1. The third-order valence-electron chi connectivity index (χ3n) is 2.77. The molecule has 1 amide bonds. The largest absolute Gasteiger partial charge is 0.396 e. The smallest absolute Gasteiger partial charge is 0.255 e. The molecule has 0 radical (unpaired) electrons. The fraction of sp³-hybridized carbons (Fsp3) is 0.0714. The third kappa shape index (κ3) is 2.93. The molecule has 0 aliphatic rings. The fourth-order valence-corrected chi connectivity index (χ4v) is 2.02. The Morgan fingerprint density at radius 3 is 2.74 bits per heavy atom. The maximum Gasteiger partial charge on any atom is 0.255 e. The van der Waals surface area contributed by atoms with Crippen LogP contribution in [0.5, 0.6) is 0 Å². The highest BCUT2D eigenvalue weighted by molar-refractivity contribution is 9.10. The molecule has 0 heterocycles. The molecule has 19 heavy (non-hydrogen) atoms. The Labute approximate surface area is 118 Å². The summed E-state index contributed by atoms with van der Waals surface area (Å²) >= 11 is 3.36. The second-order valence-corrected chi connectivity index (χ2v) is 4.96. The molecular formula is C14H12BrFN2O. The summed E-state index contributed by atoms with van der Waals surface area (Å²) in [5, 5.41) is 2.64. The van der Waals surface area contributed by atoms with Crippen LogP contribution in [0.4, 0.5) is 15.8 Å². The normalized spacial score (nSPS) is 10.3. The first-order valence-corrected chi connectivity index (χ1v) is 6.40. The van der Waals surface area contributed by atoms with Gasteiger partial charge in [0, 0.05) is 15.7 Å². The molecule has 3 nitrogen and oxygen atoms in total. The molecule has 2 rings (SSSR count). The Morgan fingerprint density at radius 1 is 1.32 bits per heavy atom. The van der Waals surface area contributed by atoms with Gasteiger partial charge in [-0.3, -0.25) is 4.79 Å². The average molecular weight is 323 g/mol. The predicted octanol–water partition coefficient (Wildman–Crippen LogP) is 3.73. The van der Waals surface area contributed by atoms with E-state index in [1.54, 1.807) is 18.2 Å². The highest BCUT2D eigenvalue weighted by Gasteiger charge is 2.11. The Hall–Kier alpha value is -1.88. The summed E-state index contributed by atoms with van der Waals surface area (Å²) in [5.41, 5.74) is 7.17. The Kier molecular flexibility index (Phi) is 3.85. The average Bonchev–Trinajstić information content (AvgIpc) is 2.37. The van der Waals surface area contributed by atoms with Gasteiger partial charge in [0.15, 0.2) is 0 Å². The van der Waals surface area contributed by atoms with Crippen LogP contribution in [0.25, 0.3) is 0 Å². The Morgan fingerprint density at radius 2 is 2.05 bits per heavy atom. The van der Waals surface area contributed by atoms with Gasteiger partial charge in [0.25, 0.3) is 5.91 Å². The van der Waals surface area contributed by atoms with E-state index in [1.807, 2.05) is 13.0 Å². The molecule has 2 aromatic carbocycles. The highest BCUT2D eigenvalue weighted by atomic mass is 79.9. The SMILES string of the molecule is Cc1c(Br)cccc1C(=O)Nc1ccc(N)c(F)c1. The van der Waals surface area contributed by atoms with E-state index in [9.17, 15) is 9.18 Å². The number of carbonyl (C=O) groups excluding carboxylic acids is 1. The van der Waals surface area contributed by atoms with Gasteiger partial charge in [0.1, 0.15) is 5.82 Å². The number of rotatable bonds is 2. The van der Waals surface area contributed by atoms with E-state index in [0.29, 0.717) is 11.3 Å². The van der Waals surface area contributed by atoms with Gasteiger partial charge >= 0.3 is 0 Å². The van der Waals surface area contributed by atoms with Crippen LogP contribution in [0, 0.1) is 12.7 Å². The zero-order valence-corrected chi connectivity index (χ0v) is 11.8. The molecule has 2 aromatic rings. The number of benzene rings is 2. The van der Waals surface area contributed by atoms with E-state index >= 15 is 0 Å². The zero-order valence-electron chi connectivity index (χ0n) is 10.2. The van der Waals surface area contributed by atoms with Crippen molar-refractivity contribution in [2.24, 2.45) is 0 Å². The van der Waals surface area contributed by atoms with Crippen molar-refractivity contribution < 1.29 is 9.18 Å². The molecule has 0 fully saturated rings. The summed E-state index contributed by atoms with van der Waals surface area (Å²) in [4.78, 5) is 12.1. The molecule has 0 saturated heterocycles. The first-order valence-electron chi connectivity index (χ1n) is 5.60. The van der Waals surface area contributed by atoms with Crippen molar-refractivity contribution in [3.63, 3.8) is 0 Å². The number of nitrogens with two attached hydrogens (primary N) is 1. The van der Waals surface area contributed by atoms with Crippen LogP contribution in [-0.2, 0) is 0 Å². The molecule has 0 atom stereocenters. The van der Waals surface area contributed by atoms with E-state index < -0.39 is 5.82 Å². The minimum Gasteiger partial charge on any atom is -0.396 e. The highest BCUT2D eigenvalue weighted by Crippen LogP contribution is 2.21. The van der Waals surface area contributed by atoms with Crippen molar-refractivity contribution in [1.29, 1.82) is 0 Å². The van der Waals surface area contributed by atoms with Crippen molar-refractivity contribution in [2.75, 3.05) is 11.1 Å². The lowest BCUT2D eigenvalue weighted by atomic mass is 10.1. The number of anilines is 2. The maximum atomic E-state index is 13.3. The van der Waals surface area contributed by atoms with Crippen LogP contribution in [0.3, 0.4) is 0 Å². The van der Waals surface area contributed by atoms with Crippen LogP contribution >= 0.6 is 15.9 Å². The second-order valence-electron chi connectivity index (χ2n) is 4.10. The van der Waals surface area contributed by atoms with Crippen LogP contribution in [0.15, 0.2) is 40.9 Å². The van der Waals surface area contributed by atoms with Gasteiger partial charge in [-0.25, -0.2) is 4.39 Å². The third-order valence-corrected chi connectivity index (χ3v) is 3.63. The number of halogens is 2. The monoisotopic (exact) mass is 322 g/mol. The van der Waals surface area contributed by atoms with Gasteiger partial charge < -0.3 is 11.1 Å².